The quantitative estimate of drug-likeness (QED) is 0.350. The monoisotopic (exact) mass is 198 g/mol. The third kappa shape index (κ3) is 38.5. The first-order valence-corrected chi connectivity index (χ1v) is 0. The molecule has 0 spiro atoms. The molecule has 36 valence electrons. The summed E-state index contributed by atoms with van der Waals surface area (Å²) >= 11 is 0. The molecule has 0 bridgehead atoms. The van der Waals surface area contributed by atoms with E-state index < -0.39 is 0 Å². The molecule has 0 radical (unpaired) electrons. The van der Waals surface area contributed by atoms with Crippen LogP contribution in [0.15, 0.2) is 0 Å². The zero-order valence-corrected chi connectivity index (χ0v) is 1.50. The van der Waals surface area contributed by atoms with Crippen molar-refractivity contribution in [3.8, 4) is 0 Å². The molecule has 0 aromatic heterocycles. The van der Waals surface area contributed by atoms with E-state index in [1.165, 1.54) is 0 Å². The van der Waals surface area contributed by atoms with Crippen LogP contribution in [-0.4, -0.2) is 56.0 Å². The molecule has 0 rings (SSSR count). The van der Waals surface area contributed by atoms with Crippen molar-refractivity contribution in [2.24, 2.45) is 0 Å². The fraction of sp³-hybridized carbons (Fsp3) is 0. The topological polar surface area (TPSA) is 94.5 Å². The summed E-state index contributed by atoms with van der Waals surface area (Å²) in [6.45, 7) is 0. The molecule has 0 aromatic carbocycles. The molecule has 0 aromatic rings. The van der Waals surface area contributed by atoms with Crippen molar-refractivity contribution in [1.82, 2.24) is 0 Å². The predicted molar refractivity (Wildman–Crippen MR) is 30.7 cm³/mol. The summed E-state index contributed by atoms with van der Waals surface area (Å²) in [5.41, 5.74) is 0. The second kappa shape index (κ2) is 66.9. The first-order valence-electron chi connectivity index (χ1n) is 0. The normalized spacial score (nSPS) is 0. The van der Waals surface area contributed by atoms with Gasteiger partial charge in [0.15, 0.2) is 0 Å². The van der Waals surface area contributed by atoms with Crippen LogP contribution in [0, 0.1) is 0 Å². The average Bonchev–Trinajstić information content (AvgIpc) is 0. The van der Waals surface area contributed by atoms with Gasteiger partial charge in [-0.05, 0) is 0 Å². The van der Waals surface area contributed by atoms with Crippen molar-refractivity contribution in [2.45, 2.75) is 0 Å². The molecule has 0 heterocycles. The summed E-state index contributed by atoms with van der Waals surface area (Å²) < 4.78 is 0. The fourth-order valence-corrected chi connectivity index (χ4v) is 0. The Kier molecular flexibility index (Phi) is 1640. The molecule has 0 amide bonds. The van der Waals surface area contributed by atoms with E-state index in [0.29, 0.717) is 0 Å². The van der Waals surface area contributed by atoms with Crippen LogP contribution in [-0.2, 0) is 0 Å². The Morgan fingerprint density at radius 2 is 0.400 bits per heavy atom. The summed E-state index contributed by atoms with van der Waals surface area (Å²) in [7, 11) is 0. The predicted octanol–water partition coefficient (Wildman–Crippen LogP) is -4.84. The van der Waals surface area contributed by atoms with Gasteiger partial charge in [-0.15, -0.1) is 0 Å². The Morgan fingerprint density at radius 1 is 0.400 bits per heavy atom. The molecule has 5 heavy (non-hydrogen) atoms. The van der Waals surface area contributed by atoms with Crippen LogP contribution in [0.2, 0.25) is 0 Å². The van der Waals surface area contributed by atoms with Gasteiger partial charge < -0.3 is 16.4 Å². The Labute approximate surface area is 56.2 Å². The van der Waals surface area contributed by atoms with Crippen LogP contribution in [0.5, 0.6) is 0 Å². The molecule has 5 heteroatoms. The first kappa shape index (κ1) is 123. The molecular weight excluding hydrogens is 187 g/mol. The van der Waals surface area contributed by atoms with Gasteiger partial charge in [0.1, 0.15) is 0 Å². The molecule has 0 unspecified atom stereocenters. The molecule has 6 N–H and O–H groups in total. The minimum atomic E-state index is 0. The van der Waals surface area contributed by atoms with Gasteiger partial charge in [0.05, 0.1) is 0 Å². The van der Waals surface area contributed by atoms with Crippen LogP contribution in [0.3, 0.4) is 0 Å². The molecular formula is H12Ga2O3. The van der Waals surface area contributed by atoms with Crippen molar-refractivity contribution in [2.75, 3.05) is 0 Å². The van der Waals surface area contributed by atoms with Gasteiger partial charge in [0.25, 0.3) is 0 Å². The first-order chi connectivity index (χ1) is 0. The van der Waals surface area contributed by atoms with E-state index in [0.717, 1.165) is 0 Å². The Morgan fingerprint density at radius 3 is 0.400 bits per heavy atom. The summed E-state index contributed by atoms with van der Waals surface area (Å²) in [5.74, 6) is 0. The molecule has 0 fully saturated rings. The van der Waals surface area contributed by atoms with Crippen LogP contribution < -0.4 is 0 Å². The van der Waals surface area contributed by atoms with Crippen LogP contribution in [0.4, 0.5) is 0 Å². The van der Waals surface area contributed by atoms with Crippen molar-refractivity contribution >= 4 is 39.6 Å². The molecule has 0 aliphatic rings. The average molecular weight is 200 g/mol. The van der Waals surface area contributed by atoms with Gasteiger partial charge in [-0.1, -0.05) is 0 Å². The summed E-state index contributed by atoms with van der Waals surface area (Å²) in [4.78, 5) is 0. The van der Waals surface area contributed by atoms with Gasteiger partial charge >= 0.3 is 39.6 Å². The summed E-state index contributed by atoms with van der Waals surface area (Å²) in [5, 5.41) is 0. The van der Waals surface area contributed by atoms with Crippen LogP contribution >= 0.6 is 0 Å². The minimum absolute atomic E-state index is 0. The van der Waals surface area contributed by atoms with Crippen LogP contribution in [0.1, 0.15) is 0 Å². The summed E-state index contributed by atoms with van der Waals surface area (Å²) in [6, 6.07) is 0. The Hall–Kier alpha value is 1.15. The third-order valence-corrected chi connectivity index (χ3v) is 0. The Balaban J connectivity index is 0. The number of hydrogen-bond acceptors (Lipinski definition) is 0. The van der Waals surface area contributed by atoms with Gasteiger partial charge in [-0.2, -0.15) is 0 Å². The van der Waals surface area contributed by atoms with Crippen molar-refractivity contribution in [1.29, 1.82) is 0 Å². The van der Waals surface area contributed by atoms with Gasteiger partial charge in [-0.25, -0.2) is 0 Å². The van der Waals surface area contributed by atoms with E-state index in [1.54, 1.807) is 0 Å². The number of rotatable bonds is 0. The van der Waals surface area contributed by atoms with Crippen LogP contribution in [0.25, 0.3) is 0 Å². The van der Waals surface area contributed by atoms with E-state index in [2.05, 4.69) is 0 Å². The molecule has 0 aliphatic heterocycles. The maximum atomic E-state index is 0. The SMILES string of the molecule is O.O.O.[GaH3].[GaH3]. The molecule has 0 saturated heterocycles. The number of hydrogen-bond donors (Lipinski definition) is 0. The molecule has 0 atom stereocenters. The van der Waals surface area contributed by atoms with Crippen molar-refractivity contribution in [3.05, 3.63) is 0 Å². The summed E-state index contributed by atoms with van der Waals surface area (Å²) in [6.07, 6.45) is 0. The van der Waals surface area contributed by atoms with Crippen molar-refractivity contribution < 1.29 is 16.4 Å². The third-order valence-electron chi connectivity index (χ3n) is 0. The molecule has 3 nitrogen and oxygen atoms in total. The Bertz CT molecular complexity index is 4.85. The van der Waals surface area contributed by atoms with E-state index >= 15 is 0 Å². The van der Waals surface area contributed by atoms with Gasteiger partial charge in [-0.3, -0.25) is 0 Å². The fourth-order valence-electron chi connectivity index (χ4n) is 0. The van der Waals surface area contributed by atoms with Gasteiger partial charge in [0, 0.05) is 0 Å². The van der Waals surface area contributed by atoms with E-state index in [4.69, 9.17) is 0 Å². The second-order valence-electron chi connectivity index (χ2n) is 0. The van der Waals surface area contributed by atoms with E-state index in [9.17, 15) is 0 Å². The van der Waals surface area contributed by atoms with E-state index in [1.807, 2.05) is 0 Å². The maximum absolute atomic E-state index is 0. The van der Waals surface area contributed by atoms with Gasteiger partial charge in [0.2, 0.25) is 0 Å². The zero-order chi connectivity index (χ0) is 0. The molecule has 0 aliphatic carbocycles. The second-order valence-corrected chi connectivity index (χ2v) is 0. The zero-order valence-electron chi connectivity index (χ0n) is 1.50. The molecule has 0 saturated carbocycles. The van der Waals surface area contributed by atoms with Crippen molar-refractivity contribution in [3.63, 3.8) is 0 Å². The standard InChI is InChI=1S/2Ga.3H2O.6H/h;;3*1H2;;;;;;. The van der Waals surface area contributed by atoms with E-state index in [-0.39, 0.29) is 56.0 Å².